The lowest BCUT2D eigenvalue weighted by atomic mass is 9.83. The fraction of sp³-hybridized carbons (Fsp3) is 0.654. The number of ketones is 3. The van der Waals surface area contributed by atoms with Gasteiger partial charge in [0, 0.05) is 85.4 Å². The molecule has 4 aliphatic rings. The summed E-state index contributed by atoms with van der Waals surface area (Å²) in [5.41, 5.74) is 3.96. The van der Waals surface area contributed by atoms with E-state index in [1.807, 2.05) is 13.8 Å². The highest BCUT2D eigenvalue weighted by Crippen LogP contribution is 2.42. The molecule has 27 heteroatoms. The summed E-state index contributed by atoms with van der Waals surface area (Å²) in [6.07, 6.45) is -5.03. The quantitative estimate of drug-likeness (QED) is 0.0912. The Labute approximate surface area is 468 Å². The van der Waals surface area contributed by atoms with E-state index in [1.165, 1.54) is 52.5 Å². The Bertz CT molecular complexity index is 2680. The van der Waals surface area contributed by atoms with Gasteiger partial charge in [-0.15, -0.1) is 0 Å². The third-order valence-corrected chi connectivity index (χ3v) is 20.2. The van der Waals surface area contributed by atoms with Gasteiger partial charge in [0.05, 0.1) is 72.1 Å². The average Bonchev–Trinajstić information content (AvgIpc) is 4.25. The number of benzene rings is 1. The number of nitrogens with one attached hydrogen (secondary N) is 7. The summed E-state index contributed by atoms with van der Waals surface area (Å²) in [6.45, 7) is 7.89. The Hall–Kier alpha value is -5.45. The number of carbonyl (C=O) groups excluding carboxylic acids is 10. The number of fused-ring (bicyclic) bond motifs is 7. The van der Waals surface area contributed by atoms with Crippen molar-refractivity contribution in [2.45, 2.75) is 157 Å². The molecule has 14 atom stereocenters. The van der Waals surface area contributed by atoms with Crippen molar-refractivity contribution >= 4 is 102 Å². The molecule has 0 spiro atoms. The van der Waals surface area contributed by atoms with Gasteiger partial charge >= 0.3 is 0 Å². The number of ether oxygens (including phenoxy) is 1. The van der Waals surface area contributed by atoms with Crippen LogP contribution in [0, 0.1) is 23.7 Å². The average molecular weight is 1160 g/mol. The molecule has 4 aliphatic heterocycles. The van der Waals surface area contributed by atoms with Crippen molar-refractivity contribution in [2.75, 3.05) is 38.5 Å². The van der Waals surface area contributed by atoms with Crippen molar-refractivity contribution in [1.82, 2.24) is 41.8 Å². The van der Waals surface area contributed by atoms with Crippen LogP contribution in [0.3, 0.4) is 0 Å². The number of amides is 7. The lowest BCUT2D eigenvalue weighted by molar-refractivity contribution is -0.168. The Morgan fingerprint density at radius 2 is 1.57 bits per heavy atom. The van der Waals surface area contributed by atoms with Gasteiger partial charge in [-0.1, -0.05) is 62.6 Å². The number of rotatable bonds is 16. The maximum Gasteiger partial charge on any atom is 0.243 e. The van der Waals surface area contributed by atoms with Crippen molar-refractivity contribution in [3.8, 4) is 5.75 Å². The number of Topliss-reactive ketones (excluding diaryl/α,β-unsaturated/α-hetero) is 3. The van der Waals surface area contributed by atoms with Crippen molar-refractivity contribution in [3.63, 3.8) is 0 Å². The molecule has 5 unspecified atom stereocenters. The van der Waals surface area contributed by atoms with Crippen LogP contribution in [0.1, 0.15) is 98.5 Å². The molecule has 1 saturated heterocycles. The van der Waals surface area contributed by atoms with Crippen molar-refractivity contribution in [1.29, 1.82) is 0 Å². The maximum atomic E-state index is 16.2. The first-order chi connectivity index (χ1) is 37.3. The van der Waals surface area contributed by atoms with E-state index in [1.54, 1.807) is 19.9 Å². The van der Waals surface area contributed by atoms with Crippen LogP contribution < -0.4 is 42.4 Å². The molecule has 6 rings (SSSR count). The molecule has 5 heterocycles. The highest BCUT2D eigenvalue weighted by atomic mass is 33.1. The molecule has 12 N–H and O–H groups in total. The van der Waals surface area contributed by atoms with Crippen molar-refractivity contribution in [2.24, 2.45) is 29.4 Å². The number of aliphatic hydroxyl groups is 3. The molecular formula is C52H75N9O15S3. The largest absolute Gasteiger partial charge is 0.465 e. The summed E-state index contributed by atoms with van der Waals surface area (Å²) in [7, 11) is 0.716. The second kappa shape index (κ2) is 27.8. The smallest absolute Gasteiger partial charge is 0.243 e. The number of aliphatic hydroxyl groups excluding tert-OH is 3. The second-order valence-corrected chi connectivity index (χ2v) is 25.9. The minimum absolute atomic E-state index is 0.00237. The van der Waals surface area contributed by atoms with E-state index < -0.39 is 181 Å². The summed E-state index contributed by atoms with van der Waals surface area (Å²) in [6, 6.07) is -1.51. The third-order valence-electron chi connectivity index (χ3n) is 15.2. The molecular weight excluding hydrogens is 1090 g/mol. The predicted octanol–water partition coefficient (Wildman–Crippen LogP) is -0.849. The number of primary amides is 1. The predicted molar refractivity (Wildman–Crippen MR) is 293 cm³/mol. The summed E-state index contributed by atoms with van der Waals surface area (Å²) < 4.78 is 22.1. The zero-order valence-electron chi connectivity index (χ0n) is 45.3. The first-order valence-corrected chi connectivity index (χ1v) is 30.3. The number of H-pyrrole nitrogens is 1. The summed E-state index contributed by atoms with van der Waals surface area (Å²) in [5, 5.41) is 48.7. The van der Waals surface area contributed by atoms with Gasteiger partial charge in [0.1, 0.15) is 16.8 Å². The Morgan fingerprint density at radius 3 is 2.23 bits per heavy atom. The van der Waals surface area contributed by atoms with E-state index >= 15 is 23.4 Å². The summed E-state index contributed by atoms with van der Waals surface area (Å²) >= 11 is 0. The van der Waals surface area contributed by atoms with E-state index in [0.29, 0.717) is 24.8 Å². The van der Waals surface area contributed by atoms with E-state index in [9.17, 15) is 44.1 Å². The Morgan fingerprint density at radius 1 is 0.899 bits per heavy atom. The molecule has 0 aliphatic carbocycles. The van der Waals surface area contributed by atoms with E-state index in [-0.39, 0.29) is 63.9 Å². The van der Waals surface area contributed by atoms with Crippen LogP contribution in [0.25, 0.3) is 10.9 Å². The number of nitrogens with zero attached hydrogens (tertiary/aromatic N) is 1. The molecule has 1 fully saturated rings. The van der Waals surface area contributed by atoms with E-state index in [4.69, 9.17) is 10.5 Å². The standard InChI is InChI=1S/C52H75N9O15S3/c1-7-25(2)45-50(74)56-20-43(69)57-37-24-79(75)51-35-14-31(48(72)55-21-44(70)59-45)16-40(66)46(28(5)41(67)23-62)60-49(73)38-18-32(64)22-61(38)52(47(71)30(15-39(37)65)17-42(53)68,76-33-8-9-34(35)36(19-33)58-51)12-10-26(3)77-78-27(4)11-13-54-29(6)63/h8-9,19,25-28,30-32,37-38,41,45-46,58,62,64,67H,7,10-18,20-24H2,1-6H3,(H2,53,68)(H,54,63)(H,55,72)(H,56,74)(H,57,69)(H,59,70)(H,60,73)/t25-,26?,27?,28-,30-,31+,32?,37?,38-,41-,45-,46-,52?,79+/m0/s1. The topological polar surface area (TPSA) is 375 Å². The van der Waals surface area contributed by atoms with Crippen molar-refractivity contribution < 1.29 is 72.2 Å². The first-order valence-electron chi connectivity index (χ1n) is 26.7. The van der Waals surface area contributed by atoms with Crippen LogP contribution in [-0.2, 0) is 65.2 Å². The molecule has 2 aromatic rings. The van der Waals surface area contributed by atoms with E-state index in [0.717, 1.165) is 0 Å². The SMILES string of the molecule is CC[C@H](C)[C@@H]1NC(=O)CNC(=O)[C@H]2CC(=O)[C@H]([C@@H](C)[C@@H](O)CO)NC(=O)[C@@H]3CC(O)CN3C3(CCC(C)SSC(C)CCNC(C)=O)Oc4ccc5c(c([nH]c5c4)[S@](=O)CC(NC(=O)CNC1=O)C(=O)C[C@@H](CC(N)=O)C3=O)C2. The number of carbonyl (C=O) groups is 10. The lowest BCUT2D eigenvalue weighted by Gasteiger charge is -2.45. The first kappa shape index (κ1) is 62.7. The van der Waals surface area contributed by atoms with Gasteiger partial charge in [-0.25, -0.2) is 4.90 Å². The van der Waals surface area contributed by atoms with Gasteiger partial charge < -0.3 is 62.7 Å². The fourth-order valence-electron chi connectivity index (χ4n) is 10.5. The van der Waals surface area contributed by atoms with Crippen LogP contribution in [0.2, 0.25) is 0 Å². The number of hydrogen-bond acceptors (Lipinski definition) is 18. The van der Waals surface area contributed by atoms with Crippen LogP contribution in [0.5, 0.6) is 5.75 Å². The van der Waals surface area contributed by atoms with Crippen LogP contribution in [0.4, 0.5) is 0 Å². The molecule has 24 nitrogen and oxygen atoms in total. The Kier molecular flexibility index (Phi) is 22.1. The van der Waals surface area contributed by atoms with E-state index in [2.05, 4.69) is 36.9 Å². The molecule has 79 heavy (non-hydrogen) atoms. The number of hydrogen-bond donors (Lipinski definition) is 11. The fourth-order valence-corrected chi connectivity index (χ4v) is 14.4. The summed E-state index contributed by atoms with van der Waals surface area (Å²) in [5.74, 6) is -13.6. The zero-order chi connectivity index (χ0) is 58.0. The lowest BCUT2D eigenvalue weighted by Crippen LogP contribution is -2.65. The number of nitrogens with two attached hydrogens (primary N) is 1. The van der Waals surface area contributed by atoms with Gasteiger partial charge in [-0.05, 0) is 49.3 Å². The molecule has 1 aromatic heterocycles. The maximum absolute atomic E-state index is 16.2. The monoisotopic (exact) mass is 1160 g/mol. The van der Waals surface area contributed by atoms with Gasteiger partial charge in [-0.2, -0.15) is 0 Å². The van der Waals surface area contributed by atoms with Gasteiger partial charge in [0.15, 0.2) is 17.3 Å². The van der Waals surface area contributed by atoms with Crippen LogP contribution in [0.15, 0.2) is 23.2 Å². The number of aromatic amines is 1. The minimum atomic E-state index is -2.35. The molecule has 436 valence electrons. The van der Waals surface area contributed by atoms with Gasteiger partial charge in [0.25, 0.3) is 0 Å². The summed E-state index contributed by atoms with van der Waals surface area (Å²) in [4.78, 5) is 146. The normalized spacial score (nSPS) is 28.9. The minimum Gasteiger partial charge on any atom is -0.465 e. The highest BCUT2D eigenvalue weighted by Gasteiger charge is 2.57. The zero-order valence-corrected chi connectivity index (χ0v) is 47.7. The Balaban J connectivity index is 1.63. The third kappa shape index (κ3) is 15.7. The highest BCUT2D eigenvalue weighted by molar-refractivity contribution is 8.77. The molecule has 8 bridgehead atoms. The van der Waals surface area contributed by atoms with Crippen molar-refractivity contribution in [3.05, 3.63) is 23.8 Å². The molecule has 0 radical (unpaired) electrons. The molecule has 0 saturated carbocycles. The van der Waals surface area contributed by atoms with Crippen LogP contribution in [-0.4, -0.2) is 179 Å². The van der Waals surface area contributed by atoms with Gasteiger partial charge in [0.2, 0.25) is 47.1 Å². The number of aromatic nitrogens is 1. The molecule has 1 aromatic carbocycles. The molecule has 7 amide bonds. The van der Waals surface area contributed by atoms with Crippen LogP contribution >= 0.6 is 21.6 Å². The second-order valence-electron chi connectivity index (χ2n) is 21.3. The van der Waals surface area contributed by atoms with Gasteiger partial charge in [-0.3, -0.25) is 52.2 Å².